The number of aromatic nitrogens is 4. The van der Waals surface area contributed by atoms with Crippen molar-refractivity contribution in [1.82, 2.24) is 25.1 Å². The number of benzene rings is 4. The molecule has 37 heavy (non-hydrogen) atoms. The minimum atomic E-state index is -0.348. The van der Waals surface area contributed by atoms with E-state index in [1.165, 1.54) is 11.1 Å². The van der Waals surface area contributed by atoms with Crippen molar-refractivity contribution in [3.63, 3.8) is 0 Å². The van der Waals surface area contributed by atoms with Gasteiger partial charge in [-0.2, -0.15) is 4.68 Å². The zero-order valence-electron chi connectivity index (χ0n) is 20.7. The second-order valence-corrected chi connectivity index (χ2v) is 9.98. The molecule has 0 spiro atoms. The summed E-state index contributed by atoms with van der Waals surface area (Å²) in [6.07, 6.45) is 0. The van der Waals surface area contributed by atoms with Crippen LogP contribution < -0.4 is 0 Å². The van der Waals surface area contributed by atoms with Gasteiger partial charge in [-0.25, -0.2) is 0 Å². The average molecular weight is 528 g/mol. The van der Waals surface area contributed by atoms with Crippen LogP contribution in [0.3, 0.4) is 0 Å². The summed E-state index contributed by atoms with van der Waals surface area (Å²) < 4.78 is 1.85. The molecule has 5 nitrogen and oxygen atoms in total. The maximum absolute atomic E-state index is 6.86. The van der Waals surface area contributed by atoms with E-state index in [1.807, 2.05) is 35.0 Å². The van der Waals surface area contributed by atoms with Gasteiger partial charge in [0.05, 0.1) is 11.7 Å². The van der Waals surface area contributed by atoms with Crippen LogP contribution in [-0.2, 0) is 13.1 Å². The molecule has 0 radical (unpaired) electrons. The smallest absolute Gasteiger partial charge is 0.178 e. The van der Waals surface area contributed by atoms with E-state index in [-0.39, 0.29) is 6.04 Å². The quantitative estimate of drug-likeness (QED) is 0.211. The summed E-state index contributed by atoms with van der Waals surface area (Å²) in [5.41, 5.74) is 6.40. The molecule has 1 atom stereocenters. The summed E-state index contributed by atoms with van der Waals surface area (Å²) in [5.74, 6) is 0.688. The van der Waals surface area contributed by atoms with Gasteiger partial charge in [0.15, 0.2) is 5.82 Å². The molecular weight excluding hydrogens is 501 g/mol. The highest BCUT2D eigenvalue weighted by atomic mass is 35.5. The first-order valence-corrected chi connectivity index (χ1v) is 12.9. The van der Waals surface area contributed by atoms with Crippen LogP contribution in [0.25, 0.3) is 5.69 Å². The topological polar surface area (TPSA) is 46.8 Å². The van der Waals surface area contributed by atoms with E-state index in [1.54, 1.807) is 6.07 Å². The zero-order valence-corrected chi connectivity index (χ0v) is 22.2. The highest BCUT2D eigenvalue weighted by molar-refractivity contribution is 6.35. The molecular formula is C30H27Cl2N5. The molecule has 5 rings (SSSR count). The molecule has 0 saturated carbocycles. The predicted molar refractivity (Wildman–Crippen MR) is 149 cm³/mol. The van der Waals surface area contributed by atoms with E-state index < -0.39 is 0 Å². The van der Waals surface area contributed by atoms with Gasteiger partial charge in [0, 0.05) is 23.1 Å². The Balaban J connectivity index is 1.71. The molecule has 0 bridgehead atoms. The molecule has 5 aromatic rings. The maximum atomic E-state index is 6.86. The molecule has 4 aromatic carbocycles. The van der Waals surface area contributed by atoms with Gasteiger partial charge in [-0.1, -0.05) is 108 Å². The van der Waals surface area contributed by atoms with E-state index in [0.29, 0.717) is 29.0 Å². The number of nitrogens with zero attached hydrogens (tertiary/aromatic N) is 5. The van der Waals surface area contributed by atoms with Crippen molar-refractivity contribution < 1.29 is 0 Å². The lowest BCUT2D eigenvalue weighted by molar-refractivity contribution is 0.197. The average Bonchev–Trinajstić information content (AvgIpc) is 3.35. The van der Waals surface area contributed by atoms with Crippen molar-refractivity contribution in [2.45, 2.75) is 33.0 Å². The summed E-state index contributed by atoms with van der Waals surface area (Å²) in [6.45, 7) is 5.48. The van der Waals surface area contributed by atoms with Gasteiger partial charge < -0.3 is 0 Å². The third kappa shape index (κ3) is 5.59. The molecule has 1 unspecified atom stereocenters. The third-order valence-corrected chi connectivity index (χ3v) is 7.03. The van der Waals surface area contributed by atoms with Gasteiger partial charge in [-0.3, -0.25) is 4.90 Å². The van der Waals surface area contributed by atoms with Crippen LogP contribution in [0.4, 0.5) is 0 Å². The van der Waals surface area contributed by atoms with Crippen LogP contribution in [-0.4, -0.2) is 25.1 Å². The Morgan fingerprint density at radius 2 is 1.35 bits per heavy atom. The van der Waals surface area contributed by atoms with Crippen LogP contribution in [0.5, 0.6) is 0 Å². The molecule has 0 aliphatic carbocycles. The summed E-state index contributed by atoms with van der Waals surface area (Å²) in [7, 11) is 0. The van der Waals surface area contributed by atoms with Crippen molar-refractivity contribution in [2.75, 3.05) is 0 Å². The van der Waals surface area contributed by atoms with Crippen LogP contribution in [0.15, 0.2) is 97.1 Å². The van der Waals surface area contributed by atoms with Crippen molar-refractivity contribution in [3.8, 4) is 5.69 Å². The highest BCUT2D eigenvalue weighted by Crippen LogP contribution is 2.37. The zero-order chi connectivity index (χ0) is 25.8. The van der Waals surface area contributed by atoms with Crippen LogP contribution in [0.2, 0.25) is 10.0 Å². The Bertz CT molecular complexity index is 1420. The summed E-state index contributed by atoms with van der Waals surface area (Å²) in [5, 5.41) is 14.3. The van der Waals surface area contributed by atoms with Gasteiger partial charge in [-0.05, 0) is 64.2 Å². The Morgan fingerprint density at radius 3 is 1.92 bits per heavy atom. The van der Waals surface area contributed by atoms with Gasteiger partial charge in [-0.15, -0.1) is 5.10 Å². The predicted octanol–water partition coefficient (Wildman–Crippen LogP) is 7.38. The number of halogens is 2. The number of tetrazole rings is 1. The first-order valence-electron chi connectivity index (χ1n) is 12.1. The van der Waals surface area contributed by atoms with Crippen molar-refractivity contribution in [1.29, 1.82) is 0 Å². The van der Waals surface area contributed by atoms with Crippen molar-refractivity contribution in [2.24, 2.45) is 0 Å². The largest absolute Gasteiger partial charge is 0.281 e. The number of aryl methyl sites for hydroxylation is 2. The first kappa shape index (κ1) is 25.2. The third-order valence-electron chi connectivity index (χ3n) is 6.47. The van der Waals surface area contributed by atoms with Crippen LogP contribution in [0, 0.1) is 13.8 Å². The Hall–Kier alpha value is -3.51. The molecule has 0 amide bonds. The number of hydrogen-bond acceptors (Lipinski definition) is 4. The second-order valence-electron chi connectivity index (χ2n) is 9.13. The van der Waals surface area contributed by atoms with E-state index in [2.05, 4.69) is 94.9 Å². The fourth-order valence-corrected chi connectivity index (χ4v) is 5.27. The molecule has 7 heteroatoms. The van der Waals surface area contributed by atoms with Gasteiger partial charge in [0.2, 0.25) is 0 Å². The SMILES string of the molecule is Cc1cccc(C)c1-n1nnnc1C(c1ccc(Cl)cc1Cl)N(Cc1ccccc1)Cc1ccccc1. The van der Waals surface area contributed by atoms with E-state index in [4.69, 9.17) is 23.2 Å². The molecule has 0 aliphatic heterocycles. The number of rotatable bonds is 8. The first-order chi connectivity index (χ1) is 18.0. The van der Waals surface area contributed by atoms with Gasteiger partial charge >= 0.3 is 0 Å². The van der Waals surface area contributed by atoms with Crippen molar-refractivity contribution >= 4 is 23.2 Å². The normalized spacial score (nSPS) is 12.1. The summed E-state index contributed by atoms with van der Waals surface area (Å²) >= 11 is 13.2. The van der Waals surface area contributed by atoms with Gasteiger partial charge in [0.25, 0.3) is 0 Å². The van der Waals surface area contributed by atoms with Crippen LogP contribution in [0.1, 0.15) is 39.7 Å². The second kappa shape index (κ2) is 11.3. The monoisotopic (exact) mass is 527 g/mol. The molecule has 186 valence electrons. The molecule has 0 fully saturated rings. The minimum Gasteiger partial charge on any atom is -0.281 e. The lowest BCUT2D eigenvalue weighted by Crippen LogP contribution is -2.31. The van der Waals surface area contributed by atoms with E-state index in [0.717, 1.165) is 22.4 Å². The highest BCUT2D eigenvalue weighted by Gasteiger charge is 2.31. The van der Waals surface area contributed by atoms with Crippen LogP contribution >= 0.6 is 23.2 Å². The molecule has 0 N–H and O–H groups in total. The Morgan fingerprint density at radius 1 is 0.757 bits per heavy atom. The molecule has 1 heterocycles. The fourth-order valence-electron chi connectivity index (χ4n) is 4.76. The van der Waals surface area contributed by atoms with E-state index in [9.17, 15) is 0 Å². The standard InChI is InChI=1S/C30H27Cl2N5/c1-21-10-9-11-22(2)28(21)37-30(33-34-35-37)29(26-17-16-25(31)18-27(26)32)36(19-23-12-5-3-6-13-23)20-24-14-7-4-8-15-24/h3-18,29H,19-20H2,1-2H3. The summed E-state index contributed by atoms with van der Waals surface area (Å²) in [4.78, 5) is 2.36. The van der Waals surface area contributed by atoms with Crippen molar-refractivity contribution in [3.05, 3.63) is 141 Å². The van der Waals surface area contributed by atoms with E-state index >= 15 is 0 Å². The summed E-state index contributed by atoms with van der Waals surface area (Å²) in [6, 6.07) is 32.3. The maximum Gasteiger partial charge on any atom is 0.178 e. The number of para-hydroxylation sites is 1. The lowest BCUT2D eigenvalue weighted by atomic mass is 10.0. The Labute approximate surface area is 227 Å². The lowest BCUT2D eigenvalue weighted by Gasteiger charge is -2.32. The molecule has 1 aromatic heterocycles. The number of hydrogen-bond donors (Lipinski definition) is 0. The molecule has 0 saturated heterocycles. The van der Waals surface area contributed by atoms with Gasteiger partial charge in [0.1, 0.15) is 0 Å². The fraction of sp³-hybridized carbons (Fsp3) is 0.167. The minimum absolute atomic E-state index is 0.348. The molecule has 0 aliphatic rings. The Kier molecular flexibility index (Phi) is 7.65.